The van der Waals surface area contributed by atoms with Gasteiger partial charge < -0.3 is 19.9 Å². The molecule has 1 unspecified atom stereocenters. The molecule has 0 radical (unpaired) electrons. The number of amides is 1. The van der Waals surface area contributed by atoms with Gasteiger partial charge in [-0.2, -0.15) is 0 Å². The number of carboxylic acids is 1. The zero-order chi connectivity index (χ0) is 19.3. The lowest BCUT2D eigenvalue weighted by atomic mass is 9.93. The Balaban J connectivity index is 1.66. The average molecular weight is 390 g/mol. The van der Waals surface area contributed by atoms with E-state index in [1.165, 1.54) is 0 Å². The van der Waals surface area contributed by atoms with Crippen LogP contribution < -0.4 is 10.1 Å². The summed E-state index contributed by atoms with van der Waals surface area (Å²) < 4.78 is 11.0. The predicted molar refractivity (Wildman–Crippen MR) is 100 cm³/mol. The first-order chi connectivity index (χ1) is 13.0. The summed E-state index contributed by atoms with van der Waals surface area (Å²) in [6.07, 6.45) is 0.295. The molecule has 0 aromatic heterocycles. The summed E-state index contributed by atoms with van der Waals surface area (Å²) in [4.78, 5) is 23.8. The molecule has 7 heteroatoms. The van der Waals surface area contributed by atoms with Crippen molar-refractivity contribution in [3.8, 4) is 5.75 Å². The molecule has 1 amide bonds. The number of carbonyl (C=O) groups excluding carboxylic acids is 1. The molecule has 2 N–H and O–H groups in total. The second-order valence-electron chi connectivity index (χ2n) is 6.55. The monoisotopic (exact) mass is 389 g/mol. The van der Waals surface area contributed by atoms with Crippen LogP contribution in [-0.4, -0.2) is 35.7 Å². The van der Waals surface area contributed by atoms with Crippen molar-refractivity contribution < 1.29 is 24.2 Å². The van der Waals surface area contributed by atoms with Gasteiger partial charge in [0.2, 0.25) is 0 Å². The maximum atomic E-state index is 12.6. The third-order valence-corrected chi connectivity index (χ3v) is 4.64. The van der Waals surface area contributed by atoms with Crippen LogP contribution in [0.1, 0.15) is 28.8 Å². The van der Waals surface area contributed by atoms with Gasteiger partial charge in [-0.1, -0.05) is 29.8 Å². The van der Waals surface area contributed by atoms with Crippen molar-refractivity contribution in [2.24, 2.45) is 0 Å². The minimum Gasteiger partial charge on any atom is -0.489 e. The van der Waals surface area contributed by atoms with E-state index in [0.717, 1.165) is 5.56 Å². The fourth-order valence-corrected chi connectivity index (χ4v) is 3.09. The number of carbonyl (C=O) groups is 2. The van der Waals surface area contributed by atoms with Crippen LogP contribution in [0.25, 0.3) is 0 Å². The molecule has 1 atom stereocenters. The SMILES string of the molecule is O=C(O)CC1(NC(=O)c2cccc(OCc3ccc(Cl)cc3)c2)CCOC1. The summed E-state index contributed by atoms with van der Waals surface area (Å²) in [5.41, 5.74) is 0.487. The third-order valence-electron chi connectivity index (χ3n) is 4.39. The van der Waals surface area contributed by atoms with Gasteiger partial charge in [0, 0.05) is 17.2 Å². The van der Waals surface area contributed by atoms with Gasteiger partial charge >= 0.3 is 5.97 Å². The number of hydrogen-bond donors (Lipinski definition) is 2. The molecule has 2 aromatic rings. The van der Waals surface area contributed by atoms with Crippen molar-refractivity contribution in [1.82, 2.24) is 5.32 Å². The fourth-order valence-electron chi connectivity index (χ4n) is 2.97. The van der Waals surface area contributed by atoms with Crippen LogP contribution >= 0.6 is 11.6 Å². The quantitative estimate of drug-likeness (QED) is 0.759. The topological polar surface area (TPSA) is 84.9 Å². The van der Waals surface area contributed by atoms with Crippen LogP contribution in [0.2, 0.25) is 5.02 Å². The molecule has 1 fully saturated rings. The molecular weight excluding hydrogens is 370 g/mol. The summed E-state index contributed by atoms with van der Waals surface area (Å²) in [5, 5.41) is 12.6. The Hall–Kier alpha value is -2.57. The highest BCUT2D eigenvalue weighted by Gasteiger charge is 2.38. The number of aliphatic carboxylic acids is 1. The third kappa shape index (κ3) is 5.21. The molecule has 0 bridgehead atoms. The van der Waals surface area contributed by atoms with Gasteiger partial charge in [0.1, 0.15) is 12.4 Å². The minimum absolute atomic E-state index is 0.175. The van der Waals surface area contributed by atoms with Crippen molar-refractivity contribution in [2.45, 2.75) is 25.0 Å². The zero-order valence-corrected chi connectivity index (χ0v) is 15.4. The van der Waals surface area contributed by atoms with E-state index in [0.29, 0.717) is 36.0 Å². The van der Waals surface area contributed by atoms with Gasteiger partial charge in [-0.05, 0) is 42.3 Å². The lowest BCUT2D eigenvalue weighted by Crippen LogP contribution is -2.50. The molecule has 1 aliphatic rings. The molecule has 27 heavy (non-hydrogen) atoms. The average Bonchev–Trinajstić information content (AvgIpc) is 3.08. The second-order valence-corrected chi connectivity index (χ2v) is 6.99. The van der Waals surface area contributed by atoms with Crippen LogP contribution in [0.15, 0.2) is 48.5 Å². The molecule has 142 valence electrons. The van der Waals surface area contributed by atoms with Crippen molar-refractivity contribution in [2.75, 3.05) is 13.2 Å². The van der Waals surface area contributed by atoms with E-state index in [4.69, 9.17) is 26.2 Å². The van der Waals surface area contributed by atoms with E-state index in [1.54, 1.807) is 36.4 Å². The molecule has 1 saturated heterocycles. The molecule has 1 aliphatic heterocycles. The van der Waals surface area contributed by atoms with Crippen LogP contribution in [0.4, 0.5) is 0 Å². The number of hydrogen-bond acceptors (Lipinski definition) is 4. The van der Waals surface area contributed by atoms with Gasteiger partial charge in [0.05, 0.1) is 18.6 Å². The highest BCUT2D eigenvalue weighted by Crippen LogP contribution is 2.24. The van der Waals surface area contributed by atoms with E-state index < -0.39 is 11.5 Å². The van der Waals surface area contributed by atoms with Gasteiger partial charge in [0.15, 0.2) is 0 Å². The first-order valence-electron chi connectivity index (χ1n) is 8.55. The maximum absolute atomic E-state index is 12.6. The van der Waals surface area contributed by atoms with Gasteiger partial charge in [-0.3, -0.25) is 9.59 Å². The summed E-state index contributed by atoms with van der Waals surface area (Å²) in [5.74, 6) is -0.771. The lowest BCUT2D eigenvalue weighted by molar-refractivity contribution is -0.138. The van der Waals surface area contributed by atoms with Crippen molar-refractivity contribution in [3.63, 3.8) is 0 Å². The number of nitrogens with one attached hydrogen (secondary N) is 1. The number of benzene rings is 2. The number of rotatable bonds is 7. The van der Waals surface area contributed by atoms with E-state index >= 15 is 0 Å². The molecule has 0 aliphatic carbocycles. The molecule has 0 spiro atoms. The van der Waals surface area contributed by atoms with Crippen molar-refractivity contribution in [3.05, 3.63) is 64.7 Å². The summed E-state index contributed by atoms with van der Waals surface area (Å²) in [7, 11) is 0. The first kappa shape index (κ1) is 19.2. The Morgan fingerprint density at radius 3 is 2.67 bits per heavy atom. The van der Waals surface area contributed by atoms with Crippen LogP contribution in [0.3, 0.4) is 0 Å². The number of carboxylic acid groups (broad SMARTS) is 1. The van der Waals surface area contributed by atoms with Gasteiger partial charge in [-0.25, -0.2) is 0 Å². The predicted octanol–water partition coefficient (Wildman–Crippen LogP) is 3.28. The zero-order valence-electron chi connectivity index (χ0n) is 14.6. The Bertz CT molecular complexity index is 815. The highest BCUT2D eigenvalue weighted by molar-refractivity contribution is 6.30. The van der Waals surface area contributed by atoms with Crippen molar-refractivity contribution >= 4 is 23.5 Å². The van der Waals surface area contributed by atoms with Gasteiger partial charge in [0.25, 0.3) is 5.91 Å². The van der Waals surface area contributed by atoms with Crippen LogP contribution in [0.5, 0.6) is 5.75 Å². The Kier molecular flexibility index (Phi) is 5.98. The standard InChI is InChI=1S/C20H20ClNO5/c21-16-6-4-14(5-7-16)12-27-17-3-1-2-15(10-17)19(25)22-20(11-18(23)24)8-9-26-13-20/h1-7,10H,8-9,11-13H2,(H,22,25)(H,23,24). The minimum atomic E-state index is -0.971. The molecule has 1 heterocycles. The van der Waals surface area contributed by atoms with E-state index in [1.807, 2.05) is 12.1 Å². The number of halogens is 1. The van der Waals surface area contributed by atoms with Crippen LogP contribution in [0, 0.1) is 0 Å². The number of ether oxygens (including phenoxy) is 2. The smallest absolute Gasteiger partial charge is 0.305 e. The molecule has 6 nitrogen and oxygen atoms in total. The van der Waals surface area contributed by atoms with Crippen LogP contribution in [-0.2, 0) is 16.1 Å². The second kappa shape index (κ2) is 8.41. The van der Waals surface area contributed by atoms with Crippen molar-refractivity contribution in [1.29, 1.82) is 0 Å². The summed E-state index contributed by atoms with van der Waals surface area (Å²) in [6.45, 7) is 0.967. The van der Waals surface area contributed by atoms with E-state index in [-0.39, 0.29) is 18.9 Å². The summed E-state index contributed by atoms with van der Waals surface area (Å²) in [6, 6.07) is 14.1. The fraction of sp³-hybridized carbons (Fsp3) is 0.300. The molecule has 2 aromatic carbocycles. The molecular formula is C20H20ClNO5. The Morgan fingerprint density at radius 1 is 1.22 bits per heavy atom. The molecule has 3 rings (SSSR count). The van der Waals surface area contributed by atoms with Gasteiger partial charge in [-0.15, -0.1) is 0 Å². The van der Waals surface area contributed by atoms with E-state index in [9.17, 15) is 9.59 Å². The molecule has 0 saturated carbocycles. The Morgan fingerprint density at radius 2 is 2.00 bits per heavy atom. The summed E-state index contributed by atoms with van der Waals surface area (Å²) >= 11 is 5.87. The highest BCUT2D eigenvalue weighted by atomic mass is 35.5. The van der Waals surface area contributed by atoms with E-state index in [2.05, 4.69) is 5.32 Å². The lowest BCUT2D eigenvalue weighted by Gasteiger charge is -2.27. The Labute approximate surface area is 162 Å². The first-order valence-corrected chi connectivity index (χ1v) is 8.93. The largest absolute Gasteiger partial charge is 0.489 e. The normalized spacial score (nSPS) is 18.9. The maximum Gasteiger partial charge on any atom is 0.305 e.